The molecule has 1 amide bonds. The molecular weight excluding hydrogens is 304 g/mol. The van der Waals surface area contributed by atoms with Crippen LogP contribution < -0.4 is 4.74 Å². The van der Waals surface area contributed by atoms with Gasteiger partial charge in [0.15, 0.2) is 0 Å². The summed E-state index contributed by atoms with van der Waals surface area (Å²) < 4.78 is 5.11. The molecule has 5 nitrogen and oxygen atoms in total. The van der Waals surface area contributed by atoms with Crippen LogP contribution in [0.3, 0.4) is 0 Å². The summed E-state index contributed by atoms with van der Waals surface area (Å²) in [7, 11) is 3.62. The Hall–Kier alpha value is -1.30. The van der Waals surface area contributed by atoms with Gasteiger partial charge in [0.2, 0.25) is 0 Å². The van der Waals surface area contributed by atoms with E-state index in [1.54, 1.807) is 25.3 Å². The molecule has 22 heavy (non-hydrogen) atoms. The molecular formula is C16H21ClN2O3. The number of hydrogen-bond acceptors (Lipinski definition) is 4. The molecule has 120 valence electrons. The highest BCUT2D eigenvalue weighted by molar-refractivity contribution is 6.32. The molecule has 1 aromatic carbocycles. The van der Waals surface area contributed by atoms with E-state index in [1.165, 1.54) is 0 Å². The molecule has 0 aliphatic carbocycles. The third-order valence-electron chi connectivity index (χ3n) is 4.92. The Morgan fingerprint density at radius 3 is 2.77 bits per heavy atom. The summed E-state index contributed by atoms with van der Waals surface area (Å²) in [5.41, 5.74) is 0.624. The maximum absolute atomic E-state index is 12.5. The Morgan fingerprint density at radius 1 is 1.50 bits per heavy atom. The van der Waals surface area contributed by atoms with Gasteiger partial charge < -0.3 is 14.7 Å². The first-order valence-electron chi connectivity index (χ1n) is 7.44. The van der Waals surface area contributed by atoms with Gasteiger partial charge in [-0.05, 0) is 37.6 Å². The average Bonchev–Trinajstić information content (AvgIpc) is 2.82. The summed E-state index contributed by atoms with van der Waals surface area (Å²) in [5, 5.41) is 9.78. The van der Waals surface area contributed by atoms with E-state index < -0.39 is 0 Å². The maximum atomic E-state index is 12.5. The third kappa shape index (κ3) is 2.47. The van der Waals surface area contributed by atoms with E-state index in [0.717, 1.165) is 13.0 Å². The first-order valence-corrected chi connectivity index (χ1v) is 7.82. The minimum atomic E-state index is -0.00368. The average molecular weight is 325 g/mol. The highest BCUT2D eigenvalue weighted by atomic mass is 35.5. The SMILES string of the molecule is COc1ccc(C(=O)N2CC3(C[C@@H](CO)CN3C)C2)cc1Cl. The lowest BCUT2D eigenvalue weighted by atomic mass is 9.84. The summed E-state index contributed by atoms with van der Waals surface area (Å²) in [6.45, 7) is 2.53. The zero-order chi connectivity index (χ0) is 15.9. The van der Waals surface area contributed by atoms with E-state index >= 15 is 0 Å². The molecule has 0 radical (unpaired) electrons. The number of aliphatic hydroxyl groups is 1. The molecule has 1 spiro atoms. The predicted octanol–water partition coefficient (Wildman–Crippen LogP) is 1.49. The normalized spacial score (nSPS) is 23.6. The number of amides is 1. The Balaban J connectivity index is 1.68. The molecule has 2 aliphatic heterocycles. The number of carbonyl (C=O) groups is 1. The molecule has 1 aromatic rings. The summed E-state index contributed by atoms with van der Waals surface area (Å²) >= 11 is 6.09. The Bertz CT molecular complexity index is 587. The topological polar surface area (TPSA) is 53.0 Å². The quantitative estimate of drug-likeness (QED) is 0.915. The van der Waals surface area contributed by atoms with Crippen molar-refractivity contribution in [1.82, 2.24) is 9.80 Å². The van der Waals surface area contributed by atoms with Crippen molar-refractivity contribution < 1.29 is 14.6 Å². The number of nitrogens with zero attached hydrogens (tertiary/aromatic N) is 2. The molecule has 1 atom stereocenters. The molecule has 6 heteroatoms. The number of halogens is 1. The first-order chi connectivity index (χ1) is 10.5. The molecule has 0 aromatic heterocycles. The van der Waals surface area contributed by atoms with Gasteiger partial charge in [-0.1, -0.05) is 11.6 Å². The predicted molar refractivity (Wildman–Crippen MR) is 84.5 cm³/mol. The molecule has 0 saturated carbocycles. The smallest absolute Gasteiger partial charge is 0.254 e. The number of aliphatic hydroxyl groups excluding tert-OH is 1. The zero-order valence-electron chi connectivity index (χ0n) is 12.9. The zero-order valence-corrected chi connectivity index (χ0v) is 13.6. The summed E-state index contributed by atoms with van der Waals surface area (Å²) in [6, 6.07) is 5.12. The van der Waals surface area contributed by atoms with Crippen molar-refractivity contribution in [3.8, 4) is 5.75 Å². The fourth-order valence-electron chi connectivity index (χ4n) is 3.62. The van der Waals surface area contributed by atoms with Gasteiger partial charge in [0.05, 0.1) is 17.7 Å². The van der Waals surface area contributed by atoms with Crippen LogP contribution in [0.5, 0.6) is 5.75 Å². The summed E-state index contributed by atoms with van der Waals surface area (Å²) in [6.07, 6.45) is 0.952. The monoisotopic (exact) mass is 324 g/mol. The van der Waals surface area contributed by atoms with Crippen LogP contribution in [0.25, 0.3) is 0 Å². The van der Waals surface area contributed by atoms with E-state index in [4.69, 9.17) is 16.3 Å². The molecule has 2 fully saturated rings. The largest absolute Gasteiger partial charge is 0.495 e. The minimum Gasteiger partial charge on any atom is -0.495 e. The number of methoxy groups -OCH3 is 1. The van der Waals surface area contributed by atoms with Gasteiger partial charge in [-0.15, -0.1) is 0 Å². The van der Waals surface area contributed by atoms with E-state index in [0.29, 0.717) is 35.3 Å². The Morgan fingerprint density at radius 2 is 2.23 bits per heavy atom. The van der Waals surface area contributed by atoms with E-state index in [9.17, 15) is 9.90 Å². The standard InChI is InChI=1S/C16H21ClN2O3/c1-18-7-11(8-20)6-16(18)9-19(10-16)15(21)12-3-4-14(22-2)13(17)5-12/h3-5,11,20H,6-10H2,1-2H3/t11-/m1/s1. The van der Waals surface area contributed by atoms with E-state index in [1.807, 2.05) is 4.90 Å². The summed E-state index contributed by atoms with van der Waals surface area (Å²) in [4.78, 5) is 16.7. The summed E-state index contributed by atoms with van der Waals surface area (Å²) in [5.74, 6) is 0.883. The van der Waals surface area contributed by atoms with Gasteiger partial charge in [-0.25, -0.2) is 0 Å². The molecule has 2 aliphatic rings. The number of benzene rings is 1. The van der Waals surface area contributed by atoms with Gasteiger partial charge >= 0.3 is 0 Å². The highest BCUT2D eigenvalue weighted by Gasteiger charge is 2.52. The third-order valence-corrected chi connectivity index (χ3v) is 5.22. The first kappa shape index (κ1) is 15.6. The molecule has 0 unspecified atom stereocenters. The second-order valence-electron chi connectivity index (χ2n) is 6.37. The Kier molecular flexibility index (Phi) is 4.05. The fourth-order valence-corrected chi connectivity index (χ4v) is 3.88. The molecule has 0 bridgehead atoms. The van der Waals surface area contributed by atoms with Crippen LogP contribution in [-0.4, -0.2) is 66.8 Å². The number of hydrogen-bond donors (Lipinski definition) is 1. The Labute approximate surface area is 135 Å². The van der Waals surface area contributed by atoms with Crippen molar-refractivity contribution in [2.24, 2.45) is 5.92 Å². The number of carbonyl (C=O) groups excluding carboxylic acids is 1. The van der Waals surface area contributed by atoms with Crippen molar-refractivity contribution in [2.45, 2.75) is 12.0 Å². The van der Waals surface area contributed by atoms with Crippen molar-refractivity contribution in [3.63, 3.8) is 0 Å². The lowest BCUT2D eigenvalue weighted by Crippen LogP contribution is -2.68. The van der Waals surface area contributed by atoms with Crippen molar-refractivity contribution >= 4 is 17.5 Å². The van der Waals surface area contributed by atoms with Gasteiger partial charge in [0, 0.05) is 31.8 Å². The van der Waals surface area contributed by atoms with Gasteiger partial charge in [0.25, 0.3) is 5.91 Å². The number of rotatable bonds is 3. The second kappa shape index (κ2) is 5.72. The van der Waals surface area contributed by atoms with Crippen LogP contribution in [0, 0.1) is 5.92 Å². The van der Waals surface area contributed by atoms with Crippen LogP contribution in [0.15, 0.2) is 18.2 Å². The van der Waals surface area contributed by atoms with Gasteiger partial charge in [-0.2, -0.15) is 0 Å². The van der Waals surface area contributed by atoms with Crippen LogP contribution in [0.2, 0.25) is 5.02 Å². The van der Waals surface area contributed by atoms with Crippen molar-refractivity contribution in [2.75, 3.05) is 40.4 Å². The van der Waals surface area contributed by atoms with Crippen molar-refractivity contribution in [1.29, 1.82) is 0 Å². The lowest BCUT2D eigenvalue weighted by molar-refractivity contribution is -0.00774. The number of ether oxygens (including phenoxy) is 1. The maximum Gasteiger partial charge on any atom is 0.254 e. The molecule has 3 rings (SSSR count). The second-order valence-corrected chi connectivity index (χ2v) is 6.78. The lowest BCUT2D eigenvalue weighted by Gasteiger charge is -2.52. The molecule has 2 heterocycles. The minimum absolute atomic E-state index is 0.00368. The van der Waals surface area contributed by atoms with Gasteiger partial charge in [-0.3, -0.25) is 9.69 Å². The van der Waals surface area contributed by atoms with Crippen molar-refractivity contribution in [3.05, 3.63) is 28.8 Å². The fraction of sp³-hybridized carbons (Fsp3) is 0.562. The van der Waals surface area contributed by atoms with Crippen LogP contribution >= 0.6 is 11.6 Å². The highest BCUT2D eigenvalue weighted by Crippen LogP contribution is 2.40. The molecule has 1 N–H and O–H groups in total. The van der Waals surface area contributed by atoms with E-state index in [-0.39, 0.29) is 18.1 Å². The molecule has 2 saturated heterocycles. The van der Waals surface area contributed by atoms with E-state index in [2.05, 4.69) is 11.9 Å². The van der Waals surface area contributed by atoms with Crippen LogP contribution in [-0.2, 0) is 0 Å². The number of likely N-dealkylation sites (tertiary alicyclic amines) is 2. The van der Waals surface area contributed by atoms with Crippen LogP contribution in [0.1, 0.15) is 16.8 Å². The van der Waals surface area contributed by atoms with Gasteiger partial charge in [0.1, 0.15) is 5.75 Å². The van der Waals surface area contributed by atoms with Crippen LogP contribution in [0.4, 0.5) is 0 Å². The number of likely N-dealkylation sites (N-methyl/N-ethyl adjacent to an activating group) is 1.